The molecular formula is C17H16ClNO5. The van der Waals surface area contributed by atoms with Crippen LogP contribution in [0.3, 0.4) is 0 Å². The van der Waals surface area contributed by atoms with Gasteiger partial charge < -0.3 is 19.9 Å². The molecule has 0 aliphatic carbocycles. The smallest absolute Gasteiger partial charge is 0.335 e. The van der Waals surface area contributed by atoms with Crippen LogP contribution < -0.4 is 14.8 Å². The van der Waals surface area contributed by atoms with E-state index in [-0.39, 0.29) is 28.8 Å². The van der Waals surface area contributed by atoms with Gasteiger partial charge in [-0.3, -0.25) is 4.79 Å². The monoisotopic (exact) mass is 349 g/mol. The fraction of sp³-hybridized carbons (Fsp3) is 0.176. The zero-order valence-corrected chi connectivity index (χ0v) is 13.7. The molecule has 2 aromatic rings. The first-order valence-corrected chi connectivity index (χ1v) is 7.55. The van der Waals surface area contributed by atoms with Crippen molar-refractivity contribution in [2.75, 3.05) is 18.5 Å². The summed E-state index contributed by atoms with van der Waals surface area (Å²) < 4.78 is 10.6. The van der Waals surface area contributed by atoms with Crippen LogP contribution in [0.2, 0.25) is 5.02 Å². The maximum absolute atomic E-state index is 11.9. The van der Waals surface area contributed by atoms with Crippen LogP contribution in [-0.4, -0.2) is 30.2 Å². The Hall–Kier alpha value is -2.73. The van der Waals surface area contributed by atoms with E-state index in [2.05, 4.69) is 5.32 Å². The van der Waals surface area contributed by atoms with Gasteiger partial charge in [-0.25, -0.2) is 4.79 Å². The third-order valence-electron chi connectivity index (χ3n) is 2.99. The van der Waals surface area contributed by atoms with E-state index in [1.807, 2.05) is 6.92 Å². The van der Waals surface area contributed by atoms with Crippen LogP contribution in [0.15, 0.2) is 42.5 Å². The summed E-state index contributed by atoms with van der Waals surface area (Å²) in [5.41, 5.74) is 0.658. The fourth-order valence-electron chi connectivity index (χ4n) is 1.89. The summed E-state index contributed by atoms with van der Waals surface area (Å²) in [6, 6.07) is 11.0. The SMILES string of the molecule is CCOc1ccc(NC(=O)COc2ccc(C(=O)O)cc2Cl)cc1. The summed E-state index contributed by atoms with van der Waals surface area (Å²) in [4.78, 5) is 22.7. The number of carboxylic acid groups (broad SMARTS) is 1. The van der Waals surface area contributed by atoms with Gasteiger partial charge in [-0.15, -0.1) is 0 Å². The predicted octanol–water partition coefficient (Wildman–Crippen LogP) is 3.45. The van der Waals surface area contributed by atoms with Gasteiger partial charge in [0, 0.05) is 5.69 Å². The Bertz CT molecular complexity index is 730. The maximum Gasteiger partial charge on any atom is 0.335 e. The van der Waals surface area contributed by atoms with Crippen LogP contribution in [0.1, 0.15) is 17.3 Å². The second kappa shape index (κ2) is 8.21. The van der Waals surface area contributed by atoms with Gasteiger partial charge in [0.1, 0.15) is 11.5 Å². The number of carboxylic acids is 1. The number of aromatic carboxylic acids is 1. The van der Waals surface area contributed by atoms with Gasteiger partial charge >= 0.3 is 5.97 Å². The van der Waals surface area contributed by atoms with Crippen LogP contribution in [0.5, 0.6) is 11.5 Å². The number of carbonyl (C=O) groups excluding carboxylic acids is 1. The number of hydrogen-bond donors (Lipinski definition) is 2. The van der Waals surface area contributed by atoms with Crippen molar-refractivity contribution in [1.82, 2.24) is 0 Å². The van der Waals surface area contributed by atoms with E-state index in [1.54, 1.807) is 24.3 Å². The lowest BCUT2D eigenvalue weighted by Gasteiger charge is -2.10. The molecule has 2 aromatic carbocycles. The van der Waals surface area contributed by atoms with Crippen molar-refractivity contribution in [3.8, 4) is 11.5 Å². The molecule has 7 heteroatoms. The second-order valence-corrected chi connectivity index (χ2v) is 5.15. The lowest BCUT2D eigenvalue weighted by Crippen LogP contribution is -2.20. The lowest BCUT2D eigenvalue weighted by atomic mass is 10.2. The van der Waals surface area contributed by atoms with Crippen LogP contribution in [0.4, 0.5) is 5.69 Å². The largest absolute Gasteiger partial charge is 0.494 e. The van der Waals surface area contributed by atoms with E-state index >= 15 is 0 Å². The molecule has 2 rings (SSSR count). The highest BCUT2D eigenvalue weighted by molar-refractivity contribution is 6.32. The first-order chi connectivity index (χ1) is 11.5. The van der Waals surface area contributed by atoms with Crippen LogP contribution >= 0.6 is 11.6 Å². The standard InChI is InChI=1S/C17H16ClNO5/c1-2-23-13-6-4-12(5-7-13)19-16(20)10-24-15-8-3-11(17(21)22)9-14(15)18/h3-9H,2,10H2,1H3,(H,19,20)(H,21,22). The van der Waals surface area contributed by atoms with Crippen molar-refractivity contribution >= 4 is 29.2 Å². The highest BCUT2D eigenvalue weighted by Crippen LogP contribution is 2.25. The molecule has 24 heavy (non-hydrogen) atoms. The minimum absolute atomic E-state index is 0.0474. The first-order valence-electron chi connectivity index (χ1n) is 7.18. The number of nitrogens with one attached hydrogen (secondary N) is 1. The Morgan fingerprint density at radius 1 is 1.12 bits per heavy atom. The summed E-state index contributed by atoms with van der Waals surface area (Å²) in [7, 11) is 0. The molecular weight excluding hydrogens is 334 g/mol. The quantitative estimate of drug-likeness (QED) is 0.799. The van der Waals surface area contributed by atoms with Gasteiger partial charge in [-0.2, -0.15) is 0 Å². The molecule has 0 saturated carbocycles. The molecule has 126 valence electrons. The molecule has 0 radical (unpaired) electrons. The lowest BCUT2D eigenvalue weighted by molar-refractivity contribution is -0.118. The van der Waals surface area contributed by atoms with E-state index in [0.29, 0.717) is 12.3 Å². The van der Waals surface area contributed by atoms with Crippen LogP contribution in [0.25, 0.3) is 0 Å². The zero-order chi connectivity index (χ0) is 17.5. The van der Waals surface area contributed by atoms with Crippen molar-refractivity contribution in [3.05, 3.63) is 53.1 Å². The Labute approximate surface area is 144 Å². The molecule has 0 aliphatic rings. The molecule has 0 bridgehead atoms. The topological polar surface area (TPSA) is 84.9 Å². The van der Waals surface area contributed by atoms with Crippen LogP contribution in [0, 0.1) is 0 Å². The van der Waals surface area contributed by atoms with Gasteiger partial charge in [0.2, 0.25) is 0 Å². The number of carbonyl (C=O) groups is 2. The first kappa shape index (κ1) is 17.6. The minimum Gasteiger partial charge on any atom is -0.494 e. The molecule has 0 unspecified atom stereocenters. The average molecular weight is 350 g/mol. The van der Waals surface area contributed by atoms with Crippen molar-refractivity contribution < 1.29 is 24.2 Å². The van der Waals surface area contributed by atoms with Crippen molar-refractivity contribution in [2.45, 2.75) is 6.92 Å². The molecule has 0 fully saturated rings. The summed E-state index contributed by atoms with van der Waals surface area (Å²) in [5.74, 6) is -0.491. The third-order valence-corrected chi connectivity index (χ3v) is 3.28. The van der Waals surface area contributed by atoms with E-state index in [1.165, 1.54) is 18.2 Å². The van der Waals surface area contributed by atoms with Gasteiger partial charge in [0.15, 0.2) is 6.61 Å². The highest BCUT2D eigenvalue weighted by Gasteiger charge is 2.10. The summed E-state index contributed by atoms with van der Waals surface area (Å²) >= 11 is 5.93. The zero-order valence-electron chi connectivity index (χ0n) is 12.9. The number of benzene rings is 2. The third kappa shape index (κ3) is 4.89. The highest BCUT2D eigenvalue weighted by atomic mass is 35.5. The van der Waals surface area contributed by atoms with Crippen molar-refractivity contribution in [3.63, 3.8) is 0 Å². The fourth-order valence-corrected chi connectivity index (χ4v) is 2.13. The summed E-state index contributed by atoms with van der Waals surface area (Å²) in [6.45, 7) is 2.21. The molecule has 1 amide bonds. The Balaban J connectivity index is 1.90. The Morgan fingerprint density at radius 2 is 1.83 bits per heavy atom. The van der Waals surface area contributed by atoms with Gasteiger partial charge in [0.05, 0.1) is 17.2 Å². The number of rotatable bonds is 7. The van der Waals surface area contributed by atoms with E-state index in [4.69, 9.17) is 26.2 Å². The molecule has 0 aliphatic heterocycles. The van der Waals surface area contributed by atoms with E-state index in [0.717, 1.165) is 5.75 Å². The second-order valence-electron chi connectivity index (χ2n) is 4.74. The van der Waals surface area contributed by atoms with Crippen molar-refractivity contribution in [1.29, 1.82) is 0 Å². The maximum atomic E-state index is 11.9. The number of halogens is 1. The van der Waals surface area contributed by atoms with Gasteiger partial charge in [0.25, 0.3) is 5.91 Å². The molecule has 0 spiro atoms. The molecule has 0 atom stereocenters. The summed E-state index contributed by atoms with van der Waals surface area (Å²) in [5, 5.41) is 11.7. The molecule has 0 heterocycles. The molecule has 0 saturated heterocycles. The number of ether oxygens (including phenoxy) is 2. The molecule has 0 aromatic heterocycles. The predicted molar refractivity (Wildman–Crippen MR) is 90.1 cm³/mol. The van der Waals surface area contributed by atoms with Gasteiger partial charge in [-0.05, 0) is 49.4 Å². The van der Waals surface area contributed by atoms with Gasteiger partial charge in [-0.1, -0.05) is 11.6 Å². The Morgan fingerprint density at radius 3 is 2.42 bits per heavy atom. The number of amides is 1. The summed E-state index contributed by atoms with van der Waals surface area (Å²) in [6.07, 6.45) is 0. The number of anilines is 1. The molecule has 2 N–H and O–H groups in total. The molecule has 6 nitrogen and oxygen atoms in total. The van der Waals surface area contributed by atoms with Crippen molar-refractivity contribution in [2.24, 2.45) is 0 Å². The van der Waals surface area contributed by atoms with Crippen LogP contribution in [-0.2, 0) is 4.79 Å². The van der Waals surface area contributed by atoms with E-state index in [9.17, 15) is 9.59 Å². The number of hydrogen-bond acceptors (Lipinski definition) is 4. The van der Waals surface area contributed by atoms with E-state index < -0.39 is 5.97 Å². The average Bonchev–Trinajstić information content (AvgIpc) is 2.55. The normalized spacial score (nSPS) is 10.1. The Kier molecular flexibility index (Phi) is 6.03. The minimum atomic E-state index is -1.09.